The summed E-state index contributed by atoms with van der Waals surface area (Å²) < 4.78 is 7.28. The van der Waals surface area contributed by atoms with Crippen molar-refractivity contribution in [3.05, 3.63) is 12.4 Å². The Hall–Kier alpha value is -1.07. The average Bonchev–Trinajstić information content (AvgIpc) is 2.73. The maximum atomic E-state index is 5.12. The molecule has 1 aromatic heterocycles. The summed E-state index contributed by atoms with van der Waals surface area (Å²) >= 11 is 0. The van der Waals surface area contributed by atoms with Gasteiger partial charge in [-0.3, -0.25) is 0 Å². The predicted molar refractivity (Wildman–Crippen MR) is 68.4 cm³/mol. The van der Waals surface area contributed by atoms with Crippen LogP contribution in [0.1, 0.15) is 13.8 Å². The van der Waals surface area contributed by atoms with E-state index in [-0.39, 0.29) is 0 Å². The first-order valence-electron chi connectivity index (χ1n) is 6.21. The zero-order valence-electron chi connectivity index (χ0n) is 10.9. The summed E-state index contributed by atoms with van der Waals surface area (Å²) in [6.45, 7) is 8.03. The van der Waals surface area contributed by atoms with Gasteiger partial charge >= 0.3 is 0 Å². The second-order valence-electron chi connectivity index (χ2n) is 4.79. The predicted octanol–water partition coefficient (Wildman–Crippen LogP) is 0.716. The van der Waals surface area contributed by atoms with Crippen molar-refractivity contribution in [2.45, 2.75) is 32.5 Å². The molecule has 0 amide bonds. The lowest BCUT2D eigenvalue weighted by Gasteiger charge is -2.36. The third-order valence-electron chi connectivity index (χ3n) is 3.07. The number of ether oxygens (including phenoxy) is 1. The molecule has 0 spiro atoms. The number of anilines is 1. The maximum absolute atomic E-state index is 5.12. The van der Waals surface area contributed by atoms with E-state index < -0.39 is 0 Å². The van der Waals surface area contributed by atoms with Crippen LogP contribution in [-0.2, 0) is 11.3 Å². The van der Waals surface area contributed by atoms with E-state index in [1.165, 1.54) is 0 Å². The number of hydrogen-bond acceptors (Lipinski definition) is 4. The van der Waals surface area contributed by atoms with E-state index >= 15 is 0 Å². The fourth-order valence-electron chi connectivity index (χ4n) is 2.44. The SMILES string of the molecule is COCCn1ccnc1N1CC(C)NC(C)C1. The number of hydrogen-bond donors (Lipinski definition) is 1. The second-order valence-corrected chi connectivity index (χ2v) is 4.79. The molecule has 5 heteroatoms. The van der Waals surface area contributed by atoms with Gasteiger partial charge in [0.15, 0.2) is 0 Å². The lowest BCUT2D eigenvalue weighted by atomic mass is 10.1. The standard InChI is InChI=1S/C12H22N4O/c1-10-8-16(9-11(2)14-10)12-13-4-5-15(12)6-7-17-3/h4-5,10-11,14H,6-9H2,1-3H3. The molecule has 2 heterocycles. The molecule has 0 aromatic carbocycles. The van der Waals surface area contributed by atoms with Gasteiger partial charge in [0.05, 0.1) is 6.61 Å². The summed E-state index contributed by atoms with van der Waals surface area (Å²) in [6, 6.07) is 1.01. The molecule has 1 saturated heterocycles. The van der Waals surface area contributed by atoms with Crippen LogP contribution in [0.15, 0.2) is 12.4 Å². The maximum Gasteiger partial charge on any atom is 0.205 e. The molecule has 0 radical (unpaired) electrons. The van der Waals surface area contributed by atoms with Crippen LogP contribution < -0.4 is 10.2 Å². The zero-order valence-corrected chi connectivity index (χ0v) is 10.9. The Morgan fingerprint density at radius 3 is 2.76 bits per heavy atom. The van der Waals surface area contributed by atoms with Crippen molar-refractivity contribution >= 4 is 5.95 Å². The van der Waals surface area contributed by atoms with Gasteiger partial charge in [-0.25, -0.2) is 4.98 Å². The van der Waals surface area contributed by atoms with Crippen molar-refractivity contribution in [3.8, 4) is 0 Å². The van der Waals surface area contributed by atoms with E-state index in [1.54, 1.807) is 7.11 Å². The highest BCUT2D eigenvalue weighted by atomic mass is 16.5. The molecule has 0 saturated carbocycles. The molecule has 2 rings (SSSR count). The van der Waals surface area contributed by atoms with Crippen molar-refractivity contribution in [1.82, 2.24) is 14.9 Å². The van der Waals surface area contributed by atoms with Crippen LogP contribution in [0.3, 0.4) is 0 Å². The van der Waals surface area contributed by atoms with Gasteiger partial charge in [0.1, 0.15) is 0 Å². The highest BCUT2D eigenvalue weighted by molar-refractivity contribution is 5.33. The van der Waals surface area contributed by atoms with Crippen molar-refractivity contribution in [2.24, 2.45) is 0 Å². The summed E-state index contributed by atoms with van der Waals surface area (Å²) in [5, 5.41) is 3.53. The smallest absolute Gasteiger partial charge is 0.205 e. The first-order chi connectivity index (χ1) is 8.20. The van der Waals surface area contributed by atoms with E-state index in [0.29, 0.717) is 12.1 Å². The quantitative estimate of drug-likeness (QED) is 0.839. The lowest BCUT2D eigenvalue weighted by molar-refractivity contribution is 0.187. The van der Waals surface area contributed by atoms with Gasteiger partial charge < -0.3 is 19.5 Å². The first-order valence-corrected chi connectivity index (χ1v) is 6.21. The van der Waals surface area contributed by atoms with Crippen LogP contribution in [0.4, 0.5) is 5.95 Å². The van der Waals surface area contributed by atoms with E-state index in [2.05, 4.69) is 33.6 Å². The summed E-state index contributed by atoms with van der Waals surface area (Å²) in [7, 11) is 1.73. The first kappa shape index (κ1) is 12.4. The number of nitrogens with zero attached hydrogens (tertiary/aromatic N) is 3. The summed E-state index contributed by atoms with van der Waals surface area (Å²) in [6.07, 6.45) is 3.88. The molecule has 17 heavy (non-hydrogen) atoms. The van der Waals surface area contributed by atoms with E-state index in [1.807, 2.05) is 12.4 Å². The van der Waals surface area contributed by atoms with Crippen molar-refractivity contribution < 1.29 is 4.74 Å². The van der Waals surface area contributed by atoms with Crippen LogP contribution in [0.25, 0.3) is 0 Å². The molecule has 1 aliphatic rings. The van der Waals surface area contributed by atoms with Gasteiger partial charge in [-0.05, 0) is 13.8 Å². The van der Waals surface area contributed by atoms with Gasteiger partial charge in [-0.2, -0.15) is 0 Å². The van der Waals surface area contributed by atoms with E-state index in [0.717, 1.165) is 32.2 Å². The number of imidazole rings is 1. The minimum Gasteiger partial charge on any atom is -0.383 e. The summed E-state index contributed by atoms with van der Waals surface area (Å²) in [4.78, 5) is 6.82. The Bertz CT molecular complexity index is 342. The minimum atomic E-state index is 0.506. The Labute approximate surface area is 103 Å². The number of rotatable bonds is 4. The number of methoxy groups -OCH3 is 1. The molecule has 2 unspecified atom stereocenters. The molecule has 0 aliphatic carbocycles. The normalized spacial score (nSPS) is 25.2. The molecule has 0 bridgehead atoms. The molecular weight excluding hydrogens is 216 g/mol. The third kappa shape index (κ3) is 2.98. The number of aromatic nitrogens is 2. The zero-order chi connectivity index (χ0) is 12.3. The topological polar surface area (TPSA) is 42.3 Å². The molecular formula is C12H22N4O. The van der Waals surface area contributed by atoms with Crippen molar-refractivity contribution in [2.75, 3.05) is 31.7 Å². The van der Waals surface area contributed by atoms with Crippen molar-refractivity contribution in [3.63, 3.8) is 0 Å². The molecule has 96 valence electrons. The third-order valence-corrected chi connectivity index (χ3v) is 3.07. The number of piperazine rings is 1. The van der Waals surface area contributed by atoms with Gasteiger partial charge in [0, 0.05) is 51.2 Å². The van der Waals surface area contributed by atoms with Gasteiger partial charge in [-0.1, -0.05) is 0 Å². The summed E-state index contributed by atoms with van der Waals surface area (Å²) in [5.74, 6) is 1.06. The van der Waals surface area contributed by atoms with Crippen molar-refractivity contribution in [1.29, 1.82) is 0 Å². The summed E-state index contributed by atoms with van der Waals surface area (Å²) in [5.41, 5.74) is 0. The fraction of sp³-hybridized carbons (Fsp3) is 0.750. The second kappa shape index (κ2) is 5.51. The Kier molecular flexibility index (Phi) is 4.02. The van der Waals surface area contributed by atoms with Crippen LogP contribution >= 0.6 is 0 Å². The minimum absolute atomic E-state index is 0.506. The van der Waals surface area contributed by atoms with Crippen LogP contribution in [0.2, 0.25) is 0 Å². The van der Waals surface area contributed by atoms with Crippen LogP contribution in [-0.4, -0.2) is 48.4 Å². The van der Waals surface area contributed by atoms with E-state index in [9.17, 15) is 0 Å². The lowest BCUT2D eigenvalue weighted by Crippen LogP contribution is -2.55. The van der Waals surface area contributed by atoms with Gasteiger partial charge in [-0.15, -0.1) is 0 Å². The Balaban J connectivity index is 2.07. The van der Waals surface area contributed by atoms with Crippen LogP contribution in [0, 0.1) is 0 Å². The molecule has 1 N–H and O–H groups in total. The Morgan fingerprint density at radius 2 is 2.12 bits per heavy atom. The highest BCUT2D eigenvalue weighted by Gasteiger charge is 2.23. The monoisotopic (exact) mass is 238 g/mol. The molecule has 1 aromatic rings. The fourth-order valence-corrected chi connectivity index (χ4v) is 2.44. The molecule has 1 aliphatic heterocycles. The average molecular weight is 238 g/mol. The van der Waals surface area contributed by atoms with Gasteiger partial charge in [0.2, 0.25) is 5.95 Å². The Morgan fingerprint density at radius 1 is 1.41 bits per heavy atom. The molecule has 2 atom stereocenters. The highest BCUT2D eigenvalue weighted by Crippen LogP contribution is 2.15. The van der Waals surface area contributed by atoms with Gasteiger partial charge in [0.25, 0.3) is 0 Å². The largest absolute Gasteiger partial charge is 0.383 e. The molecule has 5 nitrogen and oxygen atoms in total. The molecule has 1 fully saturated rings. The van der Waals surface area contributed by atoms with Crippen LogP contribution in [0.5, 0.6) is 0 Å². The van der Waals surface area contributed by atoms with E-state index in [4.69, 9.17) is 4.74 Å². The number of nitrogens with one attached hydrogen (secondary N) is 1.